The van der Waals surface area contributed by atoms with Crippen molar-refractivity contribution in [1.82, 2.24) is 20.4 Å². The normalized spacial score (nSPS) is 19.7. The Labute approximate surface area is 187 Å². The van der Waals surface area contributed by atoms with E-state index in [0.717, 1.165) is 64.2 Å². The van der Waals surface area contributed by atoms with Gasteiger partial charge in [0, 0.05) is 57.4 Å². The molecule has 0 aromatic heterocycles. The summed E-state index contributed by atoms with van der Waals surface area (Å²) in [5, 5.41) is 6.55. The zero-order valence-electron chi connectivity index (χ0n) is 17.6. The molecular weight excluding hydrogens is 411 g/mol. The summed E-state index contributed by atoms with van der Waals surface area (Å²) < 4.78 is 5.45. The summed E-state index contributed by atoms with van der Waals surface area (Å²) in [6.07, 6.45) is 2.06. The molecule has 0 atom stereocenters. The van der Waals surface area contributed by atoms with E-state index in [1.807, 2.05) is 18.2 Å². The fraction of sp³-hybridized carbons (Fsp3) is 0.667. The molecule has 2 N–H and O–H groups in total. The van der Waals surface area contributed by atoms with Gasteiger partial charge >= 0.3 is 0 Å². The Kier molecular flexibility index (Phi) is 11.5. The lowest BCUT2D eigenvalue weighted by molar-refractivity contribution is 0.0511. The van der Waals surface area contributed by atoms with Crippen LogP contribution in [0.3, 0.4) is 0 Å². The number of carbonyl (C=O) groups is 1. The van der Waals surface area contributed by atoms with Crippen LogP contribution in [-0.4, -0.2) is 82.3 Å². The number of rotatable bonds is 7. The number of likely N-dealkylation sites (N-methyl/N-ethyl adjacent to an activating group) is 1. The fourth-order valence-electron chi connectivity index (χ4n) is 4.08. The average molecular weight is 447 g/mol. The molecule has 166 valence electrons. The van der Waals surface area contributed by atoms with E-state index in [4.69, 9.17) is 4.74 Å². The Balaban J connectivity index is 0.00000210. The number of hydrogen-bond donors (Lipinski definition) is 2. The maximum Gasteiger partial charge on any atom is 0.251 e. The van der Waals surface area contributed by atoms with Crippen LogP contribution < -0.4 is 10.6 Å². The largest absolute Gasteiger partial charge is 0.384 e. The van der Waals surface area contributed by atoms with Gasteiger partial charge in [-0.25, -0.2) is 0 Å². The number of amides is 1. The first kappa shape index (κ1) is 26.1. The minimum absolute atomic E-state index is 0. The Morgan fingerprint density at radius 1 is 1.17 bits per heavy atom. The predicted octanol–water partition coefficient (Wildman–Crippen LogP) is 2.02. The zero-order valence-corrected chi connectivity index (χ0v) is 19.2. The molecule has 6 nitrogen and oxygen atoms in total. The fourth-order valence-corrected chi connectivity index (χ4v) is 4.08. The van der Waals surface area contributed by atoms with Crippen molar-refractivity contribution in [3.8, 4) is 0 Å². The van der Waals surface area contributed by atoms with Crippen molar-refractivity contribution in [2.24, 2.45) is 5.41 Å². The second-order valence-electron chi connectivity index (χ2n) is 8.15. The van der Waals surface area contributed by atoms with Gasteiger partial charge in [-0.1, -0.05) is 12.1 Å². The molecule has 2 saturated heterocycles. The third-order valence-corrected chi connectivity index (χ3v) is 5.93. The third-order valence-electron chi connectivity index (χ3n) is 5.93. The molecule has 0 spiro atoms. The van der Waals surface area contributed by atoms with E-state index >= 15 is 0 Å². The van der Waals surface area contributed by atoms with Gasteiger partial charge in [0.2, 0.25) is 0 Å². The highest BCUT2D eigenvalue weighted by atomic mass is 35.5. The van der Waals surface area contributed by atoms with Crippen LogP contribution in [0.1, 0.15) is 28.8 Å². The van der Waals surface area contributed by atoms with E-state index in [1.54, 1.807) is 7.11 Å². The van der Waals surface area contributed by atoms with E-state index < -0.39 is 0 Å². The van der Waals surface area contributed by atoms with Gasteiger partial charge in [0.1, 0.15) is 0 Å². The van der Waals surface area contributed by atoms with Crippen molar-refractivity contribution >= 4 is 30.7 Å². The first-order valence-corrected chi connectivity index (χ1v) is 10.1. The van der Waals surface area contributed by atoms with Crippen LogP contribution in [0.5, 0.6) is 0 Å². The maximum absolute atomic E-state index is 12.7. The molecule has 2 aliphatic rings. The first-order valence-electron chi connectivity index (χ1n) is 10.1. The van der Waals surface area contributed by atoms with Gasteiger partial charge in [0.25, 0.3) is 5.91 Å². The van der Waals surface area contributed by atoms with Crippen molar-refractivity contribution in [2.45, 2.75) is 19.4 Å². The zero-order chi connectivity index (χ0) is 19.1. The summed E-state index contributed by atoms with van der Waals surface area (Å²) >= 11 is 0. The van der Waals surface area contributed by atoms with Gasteiger partial charge in [-0.2, -0.15) is 0 Å². The third kappa shape index (κ3) is 7.70. The molecule has 1 aromatic carbocycles. The van der Waals surface area contributed by atoms with Gasteiger partial charge in [-0.05, 0) is 50.7 Å². The minimum atomic E-state index is 0. The number of methoxy groups -OCH3 is 1. The Hall–Kier alpha value is -0.890. The molecule has 2 heterocycles. The minimum Gasteiger partial charge on any atom is -0.384 e. The summed E-state index contributed by atoms with van der Waals surface area (Å²) in [5.41, 5.74) is 2.01. The molecule has 1 aromatic rings. The van der Waals surface area contributed by atoms with Gasteiger partial charge in [0.15, 0.2) is 0 Å². The van der Waals surface area contributed by atoms with Crippen LogP contribution in [0, 0.1) is 5.41 Å². The summed E-state index contributed by atoms with van der Waals surface area (Å²) in [5.74, 6) is 0.0178. The number of benzene rings is 1. The highest BCUT2D eigenvalue weighted by molar-refractivity contribution is 5.94. The first-order chi connectivity index (χ1) is 13.1. The van der Waals surface area contributed by atoms with Crippen molar-refractivity contribution in [3.63, 3.8) is 0 Å². The lowest BCUT2D eigenvalue weighted by Gasteiger charge is -2.37. The second-order valence-corrected chi connectivity index (χ2v) is 8.15. The van der Waals surface area contributed by atoms with Crippen LogP contribution in [-0.2, 0) is 11.3 Å². The van der Waals surface area contributed by atoms with E-state index in [0.29, 0.717) is 13.2 Å². The van der Waals surface area contributed by atoms with Crippen LogP contribution in [0.4, 0.5) is 0 Å². The molecule has 2 aliphatic heterocycles. The Bertz CT molecular complexity index is 613. The van der Waals surface area contributed by atoms with Crippen LogP contribution >= 0.6 is 24.8 Å². The lowest BCUT2D eigenvalue weighted by Crippen LogP contribution is -2.47. The number of piperidine rings is 1. The number of piperazine rings is 1. The summed E-state index contributed by atoms with van der Waals surface area (Å²) in [6.45, 7) is 8.63. The molecule has 0 radical (unpaired) electrons. The second kappa shape index (κ2) is 12.7. The number of nitrogens with one attached hydrogen (secondary N) is 2. The monoisotopic (exact) mass is 446 g/mol. The number of hydrogen-bond acceptors (Lipinski definition) is 5. The summed E-state index contributed by atoms with van der Waals surface area (Å²) in [4.78, 5) is 17.5. The standard InChI is InChI=1S/C21H34N4O2.2ClH/c1-24-10-12-25(13-11-24)15-18-4-3-5-19(14-18)20(26)23-16-21(17-27-2)6-8-22-9-7-21;;/h3-5,14,22H,6-13,15-17H2,1-2H3,(H,23,26);2*1H. The van der Waals surface area contributed by atoms with Crippen LogP contribution in [0.25, 0.3) is 0 Å². The van der Waals surface area contributed by atoms with Crippen LogP contribution in [0.2, 0.25) is 0 Å². The van der Waals surface area contributed by atoms with Crippen LogP contribution in [0.15, 0.2) is 24.3 Å². The van der Waals surface area contributed by atoms with E-state index in [1.165, 1.54) is 5.56 Å². The molecular formula is C21H36Cl2N4O2. The van der Waals surface area contributed by atoms with Crippen molar-refractivity contribution < 1.29 is 9.53 Å². The van der Waals surface area contributed by atoms with E-state index in [9.17, 15) is 4.79 Å². The molecule has 29 heavy (non-hydrogen) atoms. The molecule has 8 heteroatoms. The van der Waals surface area contributed by atoms with Crippen molar-refractivity contribution in [2.75, 3.05) is 66.6 Å². The summed E-state index contributed by atoms with van der Waals surface area (Å²) in [7, 11) is 3.91. The molecule has 0 saturated carbocycles. The topological polar surface area (TPSA) is 56.8 Å². The molecule has 3 rings (SSSR count). The Morgan fingerprint density at radius 2 is 1.86 bits per heavy atom. The molecule has 2 fully saturated rings. The summed E-state index contributed by atoms with van der Waals surface area (Å²) in [6, 6.07) is 8.07. The molecule has 1 amide bonds. The van der Waals surface area contributed by atoms with Gasteiger partial charge in [-0.3, -0.25) is 9.69 Å². The van der Waals surface area contributed by atoms with Crippen molar-refractivity contribution in [3.05, 3.63) is 35.4 Å². The quantitative estimate of drug-likeness (QED) is 0.670. The van der Waals surface area contributed by atoms with Crippen molar-refractivity contribution in [1.29, 1.82) is 0 Å². The number of ether oxygens (including phenoxy) is 1. The van der Waals surface area contributed by atoms with Gasteiger partial charge in [0.05, 0.1) is 6.61 Å². The maximum atomic E-state index is 12.7. The highest BCUT2D eigenvalue weighted by Gasteiger charge is 2.32. The Morgan fingerprint density at radius 3 is 2.52 bits per heavy atom. The number of carbonyl (C=O) groups excluding carboxylic acids is 1. The van der Waals surface area contributed by atoms with E-state index in [2.05, 4.69) is 33.5 Å². The molecule has 0 aliphatic carbocycles. The van der Waals surface area contributed by atoms with Gasteiger partial charge < -0.3 is 20.3 Å². The molecule has 0 bridgehead atoms. The predicted molar refractivity (Wildman–Crippen MR) is 122 cm³/mol. The highest BCUT2D eigenvalue weighted by Crippen LogP contribution is 2.28. The SMILES string of the molecule is COCC1(CNC(=O)c2cccc(CN3CCN(C)CC3)c2)CCNCC1.Cl.Cl. The number of halogens is 2. The smallest absolute Gasteiger partial charge is 0.251 e. The van der Waals surface area contributed by atoms with Gasteiger partial charge in [-0.15, -0.1) is 24.8 Å². The average Bonchev–Trinajstić information content (AvgIpc) is 2.69. The lowest BCUT2D eigenvalue weighted by atomic mass is 9.79. The van der Waals surface area contributed by atoms with E-state index in [-0.39, 0.29) is 36.1 Å². The molecule has 0 unspecified atom stereocenters. The number of nitrogens with zero attached hydrogens (tertiary/aromatic N) is 2.